The van der Waals surface area contributed by atoms with Crippen molar-refractivity contribution >= 4 is 23.3 Å². The van der Waals surface area contributed by atoms with Crippen molar-refractivity contribution in [2.45, 2.75) is 25.1 Å². The number of imidazole rings is 1. The lowest BCUT2D eigenvalue weighted by Crippen LogP contribution is -2.06. The van der Waals surface area contributed by atoms with Gasteiger partial charge in [-0.2, -0.15) is 13.2 Å². The van der Waals surface area contributed by atoms with Gasteiger partial charge in [0, 0.05) is 6.04 Å². The van der Waals surface area contributed by atoms with Crippen LogP contribution in [0.3, 0.4) is 0 Å². The molecule has 1 aliphatic rings. The summed E-state index contributed by atoms with van der Waals surface area (Å²) in [7, 11) is 0. The number of H-pyrrole nitrogens is 1. The van der Waals surface area contributed by atoms with Crippen LogP contribution in [0.5, 0.6) is 0 Å². The van der Waals surface area contributed by atoms with Gasteiger partial charge in [-0.25, -0.2) is 0 Å². The smallest absolute Gasteiger partial charge is 0.331 e. The zero-order chi connectivity index (χ0) is 13.6. The van der Waals surface area contributed by atoms with Gasteiger partial charge in [0.1, 0.15) is 0 Å². The number of alkyl halides is 3. The van der Waals surface area contributed by atoms with E-state index in [0.29, 0.717) is 10.3 Å². The predicted molar refractivity (Wildman–Crippen MR) is 69.5 cm³/mol. The van der Waals surface area contributed by atoms with E-state index in [0.717, 1.165) is 30.5 Å². The minimum Gasteiger partial charge on any atom is -0.331 e. The Morgan fingerprint density at radius 3 is 2.53 bits per heavy atom. The number of hydrogen-bond donors (Lipinski definition) is 1. The second-order valence-electron chi connectivity index (χ2n) is 4.63. The zero-order valence-electron chi connectivity index (χ0n) is 9.87. The molecule has 1 aromatic heterocycles. The molecular formula is C13H11F3N2S. The topological polar surface area (TPSA) is 20.7 Å². The molecule has 19 heavy (non-hydrogen) atoms. The number of nitrogens with one attached hydrogen (secondary N) is 1. The summed E-state index contributed by atoms with van der Waals surface area (Å²) >= 11 is 5.22. The zero-order valence-corrected chi connectivity index (χ0v) is 10.7. The molecule has 1 aliphatic carbocycles. The highest BCUT2D eigenvalue weighted by atomic mass is 32.1. The average Bonchev–Trinajstić information content (AvgIpc) is 2.92. The quantitative estimate of drug-likeness (QED) is 0.599. The monoisotopic (exact) mass is 284 g/mol. The second kappa shape index (κ2) is 4.23. The first-order valence-electron chi connectivity index (χ1n) is 5.93. The molecule has 0 saturated carbocycles. The van der Waals surface area contributed by atoms with Gasteiger partial charge in [-0.1, -0.05) is 12.2 Å². The third-order valence-corrected chi connectivity index (χ3v) is 3.69. The van der Waals surface area contributed by atoms with Crippen molar-refractivity contribution in [2.24, 2.45) is 0 Å². The van der Waals surface area contributed by atoms with Crippen molar-refractivity contribution in [1.82, 2.24) is 9.55 Å². The van der Waals surface area contributed by atoms with Gasteiger partial charge in [0.2, 0.25) is 0 Å². The molecule has 100 valence electrons. The van der Waals surface area contributed by atoms with Gasteiger partial charge >= 0.3 is 6.18 Å². The second-order valence-corrected chi connectivity index (χ2v) is 5.01. The molecular weight excluding hydrogens is 273 g/mol. The van der Waals surface area contributed by atoms with Gasteiger partial charge in [-0.3, -0.25) is 0 Å². The molecule has 2 aromatic rings. The molecule has 0 saturated heterocycles. The van der Waals surface area contributed by atoms with Gasteiger partial charge in [0.15, 0.2) is 4.77 Å². The third kappa shape index (κ3) is 2.10. The first kappa shape index (κ1) is 12.5. The maximum absolute atomic E-state index is 12.7. The number of rotatable bonds is 1. The highest BCUT2D eigenvalue weighted by Crippen LogP contribution is 2.33. The summed E-state index contributed by atoms with van der Waals surface area (Å²) in [4.78, 5) is 2.87. The largest absolute Gasteiger partial charge is 0.416 e. The number of halogens is 3. The van der Waals surface area contributed by atoms with E-state index in [2.05, 4.69) is 17.1 Å². The van der Waals surface area contributed by atoms with E-state index < -0.39 is 11.7 Å². The van der Waals surface area contributed by atoms with Crippen LogP contribution in [0.1, 0.15) is 24.4 Å². The van der Waals surface area contributed by atoms with Crippen molar-refractivity contribution in [3.63, 3.8) is 0 Å². The lowest BCUT2D eigenvalue weighted by molar-refractivity contribution is -0.137. The van der Waals surface area contributed by atoms with Crippen molar-refractivity contribution in [3.8, 4) is 0 Å². The lowest BCUT2D eigenvalue weighted by atomic mass is 10.1. The Balaban J connectivity index is 2.15. The van der Waals surface area contributed by atoms with Gasteiger partial charge in [0.25, 0.3) is 0 Å². The maximum atomic E-state index is 12.7. The summed E-state index contributed by atoms with van der Waals surface area (Å²) in [5, 5.41) is 0. The van der Waals surface area contributed by atoms with Gasteiger partial charge in [0.05, 0.1) is 16.6 Å². The normalized spacial score (nSPS) is 16.6. The lowest BCUT2D eigenvalue weighted by Gasteiger charge is -2.13. The summed E-state index contributed by atoms with van der Waals surface area (Å²) in [6, 6.07) is 3.91. The molecule has 2 nitrogen and oxygen atoms in total. The summed E-state index contributed by atoms with van der Waals surface area (Å²) < 4.78 is 40.4. The van der Waals surface area contributed by atoms with Gasteiger partial charge < -0.3 is 9.55 Å². The maximum Gasteiger partial charge on any atom is 0.416 e. The SMILES string of the molecule is FC(F)(F)c1ccc2c(c1)[nH]c(=S)n2C1CC=CC1. The van der Waals surface area contributed by atoms with E-state index in [1.165, 1.54) is 6.07 Å². The molecule has 0 amide bonds. The first-order chi connectivity index (χ1) is 8.97. The standard InChI is InChI=1S/C13H11F3N2S/c14-13(15,16)8-5-6-11-10(7-8)17-12(19)18(11)9-3-1-2-4-9/h1-2,5-7,9H,3-4H2,(H,17,19). The van der Waals surface area contributed by atoms with Crippen LogP contribution in [-0.2, 0) is 6.18 Å². The van der Waals surface area contributed by atoms with Crippen molar-refractivity contribution in [3.05, 3.63) is 40.7 Å². The van der Waals surface area contributed by atoms with Crippen molar-refractivity contribution in [1.29, 1.82) is 0 Å². The van der Waals surface area contributed by atoms with E-state index in [1.807, 2.05) is 4.57 Å². The Kier molecular flexibility index (Phi) is 2.78. The molecule has 3 rings (SSSR count). The minimum atomic E-state index is -4.33. The number of aromatic nitrogens is 2. The van der Waals surface area contributed by atoms with Crippen LogP contribution in [0.4, 0.5) is 13.2 Å². The van der Waals surface area contributed by atoms with Gasteiger partial charge in [-0.05, 0) is 43.3 Å². The van der Waals surface area contributed by atoms with E-state index in [-0.39, 0.29) is 6.04 Å². The molecule has 0 unspecified atom stereocenters. The van der Waals surface area contributed by atoms with Crippen LogP contribution >= 0.6 is 12.2 Å². The van der Waals surface area contributed by atoms with Crippen molar-refractivity contribution in [2.75, 3.05) is 0 Å². The number of nitrogens with zero attached hydrogens (tertiary/aromatic N) is 1. The summed E-state index contributed by atoms with van der Waals surface area (Å²) in [5.74, 6) is 0. The van der Waals surface area contributed by atoms with Crippen LogP contribution in [0, 0.1) is 4.77 Å². The molecule has 0 radical (unpaired) electrons. The Bertz CT molecular complexity index is 701. The molecule has 1 heterocycles. The van der Waals surface area contributed by atoms with Crippen molar-refractivity contribution < 1.29 is 13.2 Å². The van der Waals surface area contributed by atoms with Gasteiger partial charge in [-0.15, -0.1) is 0 Å². The summed E-state index contributed by atoms with van der Waals surface area (Å²) in [6.45, 7) is 0. The van der Waals surface area contributed by atoms with E-state index in [9.17, 15) is 13.2 Å². The fourth-order valence-corrected chi connectivity index (χ4v) is 2.84. The molecule has 1 aromatic carbocycles. The van der Waals surface area contributed by atoms with Crippen LogP contribution < -0.4 is 0 Å². The molecule has 0 spiro atoms. The Hall–Kier alpha value is -1.56. The Labute approximate surface area is 112 Å². The van der Waals surface area contributed by atoms with Crippen LogP contribution in [-0.4, -0.2) is 9.55 Å². The number of hydrogen-bond acceptors (Lipinski definition) is 1. The summed E-state index contributed by atoms with van der Waals surface area (Å²) in [5.41, 5.74) is 0.506. The first-order valence-corrected chi connectivity index (χ1v) is 6.34. The molecule has 6 heteroatoms. The van der Waals surface area contributed by atoms with E-state index in [4.69, 9.17) is 12.2 Å². The fourth-order valence-electron chi connectivity index (χ4n) is 2.48. The molecule has 0 bridgehead atoms. The summed E-state index contributed by atoms with van der Waals surface area (Å²) in [6.07, 6.45) is 1.52. The number of allylic oxidation sites excluding steroid dienone is 2. The number of benzene rings is 1. The third-order valence-electron chi connectivity index (χ3n) is 3.39. The highest BCUT2D eigenvalue weighted by Gasteiger charge is 2.31. The molecule has 0 aliphatic heterocycles. The fraction of sp³-hybridized carbons (Fsp3) is 0.308. The van der Waals surface area contributed by atoms with E-state index >= 15 is 0 Å². The number of fused-ring (bicyclic) bond motifs is 1. The Morgan fingerprint density at radius 2 is 1.89 bits per heavy atom. The minimum absolute atomic E-state index is 0.206. The number of aromatic amines is 1. The van der Waals surface area contributed by atoms with Crippen LogP contribution in [0.25, 0.3) is 11.0 Å². The highest BCUT2D eigenvalue weighted by molar-refractivity contribution is 7.71. The van der Waals surface area contributed by atoms with E-state index in [1.54, 1.807) is 0 Å². The molecule has 1 N–H and O–H groups in total. The Morgan fingerprint density at radius 1 is 1.21 bits per heavy atom. The molecule has 0 atom stereocenters. The van der Waals surface area contributed by atoms with Crippen LogP contribution in [0.2, 0.25) is 0 Å². The average molecular weight is 284 g/mol. The molecule has 0 fully saturated rings. The van der Waals surface area contributed by atoms with Crippen LogP contribution in [0.15, 0.2) is 30.4 Å². The predicted octanol–water partition coefficient (Wildman–Crippen LogP) is 4.61.